The number of fused-ring (bicyclic) bond motifs is 2. The molecule has 1 atom stereocenters. The highest BCUT2D eigenvalue weighted by molar-refractivity contribution is 7.22. The fourth-order valence-corrected chi connectivity index (χ4v) is 3.98. The molecule has 4 rings (SSSR count). The van der Waals surface area contributed by atoms with E-state index < -0.39 is 5.92 Å². The zero-order valence-corrected chi connectivity index (χ0v) is 13.4. The van der Waals surface area contributed by atoms with E-state index in [0.29, 0.717) is 15.7 Å². The van der Waals surface area contributed by atoms with E-state index >= 15 is 0 Å². The first-order valence-corrected chi connectivity index (χ1v) is 8.30. The average Bonchev–Trinajstić information content (AvgIpc) is 3.08. The Bertz CT molecular complexity index is 951. The molecular formula is C17H11ClN2O2S. The molecule has 1 heterocycles. The molecule has 0 saturated heterocycles. The normalized spacial score (nSPS) is 16.6. The number of hydrogen-bond acceptors (Lipinski definition) is 4. The van der Waals surface area contributed by atoms with Crippen LogP contribution in [-0.4, -0.2) is 16.7 Å². The molecule has 0 bridgehead atoms. The van der Waals surface area contributed by atoms with Gasteiger partial charge in [-0.25, -0.2) is 4.98 Å². The van der Waals surface area contributed by atoms with Crippen LogP contribution in [0.3, 0.4) is 0 Å². The SMILES string of the molecule is O=C1C[C@H](C(=O)Nc2nc3ccc(Cl)cc3s2)c2ccccc21. The van der Waals surface area contributed by atoms with Crippen LogP contribution in [0.2, 0.25) is 5.02 Å². The topological polar surface area (TPSA) is 59.1 Å². The number of carbonyl (C=O) groups excluding carboxylic acids is 2. The van der Waals surface area contributed by atoms with E-state index in [9.17, 15) is 9.59 Å². The predicted molar refractivity (Wildman–Crippen MR) is 91.4 cm³/mol. The summed E-state index contributed by atoms with van der Waals surface area (Å²) in [5.74, 6) is -0.639. The number of Topliss-reactive ketones (excluding diaryl/α,β-unsaturated/α-hetero) is 1. The number of nitrogens with one attached hydrogen (secondary N) is 1. The molecule has 4 nitrogen and oxygen atoms in total. The third-order valence-electron chi connectivity index (χ3n) is 3.92. The number of rotatable bonds is 2. The molecule has 0 spiro atoms. The van der Waals surface area contributed by atoms with Crippen LogP contribution in [0.5, 0.6) is 0 Å². The number of ketones is 1. The standard InChI is InChI=1S/C17H11ClN2O2S/c18-9-5-6-13-15(7-9)23-17(19-13)20-16(22)12-8-14(21)11-4-2-1-3-10(11)12/h1-7,12H,8H2,(H,19,20,22)/t12-/m0/s1. The van der Waals surface area contributed by atoms with Crippen molar-refractivity contribution < 1.29 is 9.59 Å². The molecular weight excluding hydrogens is 332 g/mol. The van der Waals surface area contributed by atoms with Crippen molar-refractivity contribution in [1.29, 1.82) is 0 Å². The van der Waals surface area contributed by atoms with Crippen LogP contribution in [0.4, 0.5) is 5.13 Å². The van der Waals surface area contributed by atoms with Crippen molar-refractivity contribution in [3.8, 4) is 0 Å². The number of aromatic nitrogens is 1. The molecule has 1 amide bonds. The van der Waals surface area contributed by atoms with Crippen molar-refractivity contribution in [2.24, 2.45) is 0 Å². The van der Waals surface area contributed by atoms with Gasteiger partial charge in [0.05, 0.1) is 16.1 Å². The van der Waals surface area contributed by atoms with Crippen LogP contribution in [0.15, 0.2) is 42.5 Å². The van der Waals surface area contributed by atoms with Gasteiger partial charge in [0.1, 0.15) is 0 Å². The summed E-state index contributed by atoms with van der Waals surface area (Å²) in [5, 5.41) is 3.98. The largest absolute Gasteiger partial charge is 0.301 e. The molecule has 0 saturated carbocycles. The lowest BCUT2D eigenvalue weighted by atomic mass is 10.0. The second kappa shape index (κ2) is 5.44. The van der Waals surface area contributed by atoms with E-state index in [1.807, 2.05) is 30.3 Å². The molecule has 23 heavy (non-hydrogen) atoms. The van der Waals surface area contributed by atoms with Gasteiger partial charge < -0.3 is 5.32 Å². The van der Waals surface area contributed by atoms with Crippen molar-refractivity contribution in [2.45, 2.75) is 12.3 Å². The molecule has 0 unspecified atom stereocenters. The van der Waals surface area contributed by atoms with Gasteiger partial charge in [-0.2, -0.15) is 0 Å². The predicted octanol–water partition coefficient (Wildman–Crippen LogP) is 4.26. The van der Waals surface area contributed by atoms with Gasteiger partial charge in [0.2, 0.25) is 5.91 Å². The van der Waals surface area contributed by atoms with E-state index in [1.54, 1.807) is 12.1 Å². The maximum atomic E-state index is 12.5. The number of halogens is 1. The summed E-state index contributed by atoms with van der Waals surface area (Å²) >= 11 is 7.33. The fraction of sp³-hybridized carbons (Fsp3) is 0.118. The minimum atomic E-state index is -0.450. The molecule has 2 aromatic carbocycles. The second-order valence-corrected chi connectivity index (χ2v) is 6.85. The number of nitrogens with zero attached hydrogens (tertiary/aromatic N) is 1. The Kier molecular flexibility index (Phi) is 3.39. The Morgan fingerprint density at radius 2 is 2.09 bits per heavy atom. The van der Waals surface area contributed by atoms with E-state index in [4.69, 9.17) is 11.6 Å². The van der Waals surface area contributed by atoms with Crippen LogP contribution in [0, 0.1) is 0 Å². The third kappa shape index (κ3) is 2.52. The smallest absolute Gasteiger partial charge is 0.234 e. The lowest BCUT2D eigenvalue weighted by Crippen LogP contribution is -2.19. The second-order valence-electron chi connectivity index (χ2n) is 5.39. The Morgan fingerprint density at radius 3 is 2.96 bits per heavy atom. The number of carbonyl (C=O) groups is 2. The van der Waals surface area contributed by atoms with Crippen molar-refractivity contribution in [3.05, 3.63) is 58.6 Å². The summed E-state index contributed by atoms with van der Waals surface area (Å²) < 4.78 is 0.913. The van der Waals surface area contributed by atoms with E-state index in [2.05, 4.69) is 10.3 Å². The molecule has 6 heteroatoms. The van der Waals surface area contributed by atoms with E-state index in [-0.39, 0.29) is 18.1 Å². The van der Waals surface area contributed by atoms with Crippen LogP contribution in [0.25, 0.3) is 10.2 Å². The van der Waals surface area contributed by atoms with E-state index in [0.717, 1.165) is 15.8 Å². The maximum absolute atomic E-state index is 12.5. The molecule has 114 valence electrons. The molecule has 1 N–H and O–H groups in total. The number of amides is 1. The first-order chi connectivity index (χ1) is 11.1. The molecule has 3 aromatic rings. The maximum Gasteiger partial charge on any atom is 0.234 e. The Morgan fingerprint density at radius 1 is 1.26 bits per heavy atom. The molecule has 0 fully saturated rings. The Balaban J connectivity index is 1.61. The van der Waals surface area contributed by atoms with Crippen molar-refractivity contribution >= 4 is 50.0 Å². The third-order valence-corrected chi connectivity index (χ3v) is 5.09. The first-order valence-electron chi connectivity index (χ1n) is 7.11. The van der Waals surface area contributed by atoms with Gasteiger partial charge in [-0.1, -0.05) is 47.2 Å². The summed E-state index contributed by atoms with van der Waals surface area (Å²) in [6, 6.07) is 12.7. The molecule has 0 aliphatic heterocycles. The van der Waals surface area contributed by atoms with Gasteiger partial charge in [-0.3, -0.25) is 9.59 Å². The molecule has 1 aliphatic rings. The van der Waals surface area contributed by atoms with Gasteiger partial charge in [0.15, 0.2) is 10.9 Å². The number of thiazole rings is 1. The zero-order chi connectivity index (χ0) is 16.0. The molecule has 1 aliphatic carbocycles. The van der Waals surface area contributed by atoms with Crippen LogP contribution in [-0.2, 0) is 4.79 Å². The van der Waals surface area contributed by atoms with Gasteiger partial charge in [0, 0.05) is 17.0 Å². The number of anilines is 1. The fourth-order valence-electron chi connectivity index (χ4n) is 2.84. The highest BCUT2D eigenvalue weighted by Gasteiger charge is 2.34. The quantitative estimate of drug-likeness (QED) is 0.757. The van der Waals surface area contributed by atoms with Crippen molar-refractivity contribution in [1.82, 2.24) is 4.98 Å². The summed E-state index contributed by atoms with van der Waals surface area (Å²) in [5.41, 5.74) is 2.22. The van der Waals surface area contributed by atoms with Crippen LogP contribution >= 0.6 is 22.9 Å². The lowest BCUT2D eigenvalue weighted by molar-refractivity contribution is -0.117. The van der Waals surface area contributed by atoms with Crippen molar-refractivity contribution in [3.63, 3.8) is 0 Å². The molecule has 0 radical (unpaired) electrons. The minimum Gasteiger partial charge on any atom is -0.301 e. The first kappa shape index (κ1) is 14.4. The summed E-state index contributed by atoms with van der Waals surface area (Å²) in [6.07, 6.45) is 0.210. The highest BCUT2D eigenvalue weighted by atomic mass is 35.5. The van der Waals surface area contributed by atoms with E-state index in [1.165, 1.54) is 11.3 Å². The van der Waals surface area contributed by atoms with Gasteiger partial charge in [0.25, 0.3) is 0 Å². The summed E-state index contributed by atoms with van der Waals surface area (Å²) in [4.78, 5) is 28.9. The Hall–Kier alpha value is -2.24. The van der Waals surface area contributed by atoms with Gasteiger partial charge >= 0.3 is 0 Å². The number of hydrogen-bond donors (Lipinski definition) is 1. The average molecular weight is 343 g/mol. The molecule has 1 aromatic heterocycles. The number of benzene rings is 2. The van der Waals surface area contributed by atoms with Crippen LogP contribution in [0.1, 0.15) is 28.3 Å². The summed E-state index contributed by atoms with van der Waals surface area (Å²) in [6.45, 7) is 0. The van der Waals surface area contributed by atoms with Crippen LogP contribution < -0.4 is 5.32 Å². The monoisotopic (exact) mass is 342 g/mol. The summed E-state index contributed by atoms with van der Waals surface area (Å²) in [7, 11) is 0. The highest BCUT2D eigenvalue weighted by Crippen LogP contribution is 2.35. The zero-order valence-electron chi connectivity index (χ0n) is 11.9. The van der Waals surface area contributed by atoms with Gasteiger partial charge in [-0.05, 0) is 23.8 Å². The minimum absolute atomic E-state index is 0.0110. The van der Waals surface area contributed by atoms with Crippen molar-refractivity contribution in [2.75, 3.05) is 5.32 Å². The van der Waals surface area contributed by atoms with Gasteiger partial charge in [-0.15, -0.1) is 0 Å². The lowest BCUT2D eigenvalue weighted by Gasteiger charge is -2.09. The Labute approximate surface area is 141 Å².